The number of Topliss-reactive ketones (excluding diaryl/α,β-unsaturated/α-hetero) is 1. The maximum Gasteiger partial charge on any atom is 0.168 e. The maximum atomic E-state index is 12.7. The molecule has 1 saturated heterocycles. The highest BCUT2D eigenvalue weighted by molar-refractivity contribution is 7.12. The predicted molar refractivity (Wildman–Crippen MR) is 84.8 cm³/mol. The van der Waals surface area contributed by atoms with Crippen LogP contribution in [0.5, 0.6) is 0 Å². The van der Waals surface area contributed by atoms with Gasteiger partial charge in [0.15, 0.2) is 5.78 Å². The fourth-order valence-electron chi connectivity index (χ4n) is 3.29. The van der Waals surface area contributed by atoms with Gasteiger partial charge in [-0.2, -0.15) is 0 Å². The van der Waals surface area contributed by atoms with Crippen molar-refractivity contribution < 1.29 is 4.79 Å². The molecular weight excluding hydrogens is 286 g/mol. The van der Waals surface area contributed by atoms with Crippen LogP contribution in [0.15, 0.2) is 35.0 Å². The minimum Gasteiger partial charge on any atom is -0.366 e. The maximum absolute atomic E-state index is 12.7. The number of rotatable bonds is 2. The molecule has 4 rings (SSSR count). The molecule has 4 heterocycles. The van der Waals surface area contributed by atoms with Gasteiger partial charge in [0, 0.05) is 23.9 Å². The van der Waals surface area contributed by atoms with Gasteiger partial charge in [0.05, 0.1) is 16.1 Å². The Morgan fingerprint density at radius 1 is 1.10 bits per heavy atom. The summed E-state index contributed by atoms with van der Waals surface area (Å²) in [6, 6.07) is 8.73. The number of ketones is 1. The third-order valence-electron chi connectivity index (χ3n) is 4.12. The third-order valence-corrected chi connectivity index (χ3v) is 5.89. The van der Waals surface area contributed by atoms with Crippen molar-refractivity contribution >= 4 is 39.7 Å². The highest BCUT2D eigenvalue weighted by Gasteiger charge is 2.37. The van der Waals surface area contributed by atoms with E-state index in [0.717, 1.165) is 23.4 Å². The Labute approximate surface area is 126 Å². The summed E-state index contributed by atoms with van der Waals surface area (Å²) in [7, 11) is 0. The van der Waals surface area contributed by atoms with Crippen LogP contribution in [0.3, 0.4) is 0 Å². The Hall–Kier alpha value is -1.39. The summed E-state index contributed by atoms with van der Waals surface area (Å²) in [4.78, 5) is 17.5. The Bertz CT molecular complexity index is 655. The lowest BCUT2D eigenvalue weighted by molar-refractivity contribution is -0.114. The molecule has 0 aromatic carbocycles. The number of fused-ring (bicyclic) bond motifs is 1. The molecule has 2 aromatic heterocycles. The van der Waals surface area contributed by atoms with Crippen molar-refractivity contribution in [2.45, 2.75) is 25.3 Å². The smallest absolute Gasteiger partial charge is 0.168 e. The van der Waals surface area contributed by atoms with Crippen LogP contribution in [0.4, 0.5) is 0 Å². The number of allylic oxidation sites excluding steroid dienone is 1. The number of carbonyl (C=O) groups is 1. The first-order valence-electron chi connectivity index (χ1n) is 6.96. The van der Waals surface area contributed by atoms with Gasteiger partial charge in [-0.15, -0.1) is 22.7 Å². The van der Waals surface area contributed by atoms with E-state index in [2.05, 4.69) is 33.9 Å². The fraction of sp³-hybridized carbons (Fsp3) is 0.312. The summed E-state index contributed by atoms with van der Waals surface area (Å²) in [6.45, 7) is 1.08. The van der Waals surface area contributed by atoms with Crippen LogP contribution in [-0.4, -0.2) is 23.3 Å². The first-order chi connectivity index (χ1) is 9.84. The third kappa shape index (κ3) is 1.86. The molecule has 2 aromatic rings. The van der Waals surface area contributed by atoms with Crippen molar-refractivity contribution in [2.75, 3.05) is 6.54 Å². The van der Waals surface area contributed by atoms with Crippen LogP contribution in [0.1, 0.15) is 29.0 Å². The molecule has 0 aliphatic carbocycles. The quantitative estimate of drug-likeness (QED) is 0.832. The van der Waals surface area contributed by atoms with Crippen molar-refractivity contribution in [3.05, 3.63) is 44.8 Å². The molecule has 2 aliphatic heterocycles. The van der Waals surface area contributed by atoms with Crippen LogP contribution >= 0.6 is 22.7 Å². The minimum atomic E-state index is 0.319. The second kappa shape index (κ2) is 4.86. The number of hydrogen-bond acceptors (Lipinski definition) is 4. The molecule has 0 saturated carbocycles. The summed E-state index contributed by atoms with van der Waals surface area (Å²) in [5.74, 6) is 0.319. The minimum absolute atomic E-state index is 0.319. The Morgan fingerprint density at radius 2 is 1.85 bits per heavy atom. The van der Waals surface area contributed by atoms with Gasteiger partial charge in [0.1, 0.15) is 0 Å². The predicted octanol–water partition coefficient (Wildman–Crippen LogP) is 4.12. The molecule has 0 spiro atoms. The zero-order valence-electron chi connectivity index (χ0n) is 11.0. The van der Waals surface area contributed by atoms with Gasteiger partial charge >= 0.3 is 0 Å². The van der Waals surface area contributed by atoms with E-state index in [9.17, 15) is 4.79 Å². The molecule has 102 valence electrons. The Kier molecular flexibility index (Phi) is 3.00. The van der Waals surface area contributed by atoms with Gasteiger partial charge < -0.3 is 4.90 Å². The van der Waals surface area contributed by atoms with Crippen molar-refractivity contribution in [2.24, 2.45) is 0 Å². The van der Waals surface area contributed by atoms with Gasteiger partial charge in [0.2, 0.25) is 0 Å². The lowest BCUT2D eigenvalue weighted by Gasteiger charge is -2.34. The van der Waals surface area contributed by atoms with E-state index >= 15 is 0 Å². The highest BCUT2D eigenvalue weighted by atomic mass is 32.1. The van der Waals surface area contributed by atoms with Crippen molar-refractivity contribution in [3.63, 3.8) is 0 Å². The van der Waals surface area contributed by atoms with E-state index in [-0.39, 0.29) is 0 Å². The van der Waals surface area contributed by atoms with Gasteiger partial charge in [-0.3, -0.25) is 4.79 Å². The van der Waals surface area contributed by atoms with Gasteiger partial charge in [0.25, 0.3) is 0 Å². The van der Waals surface area contributed by atoms with Crippen LogP contribution in [0, 0.1) is 0 Å². The molecule has 0 amide bonds. The molecule has 1 fully saturated rings. The zero-order chi connectivity index (χ0) is 13.5. The molecule has 20 heavy (non-hydrogen) atoms. The molecule has 0 N–H and O–H groups in total. The van der Waals surface area contributed by atoms with Crippen LogP contribution in [0.2, 0.25) is 0 Å². The molecule has 4 heteroatoms. The topological polar surface area (TPSA) is 20.3 Å². The van der Waals surface area contributed by atoms with E-state index in [0.29, 0.717) is 18.2 Å². The standard InChI is InChI=1S/C16H15NOS2/c18-12-10-11-4-1-7-17(11)16(14-6-3-9-20-14)15(12)13-5-2-8-19-13/h2-3,5-6,8-9,11H,1,4,7,10H2. The van der Waals surface area contributed by atoms with E-state index < -0.39 is 0 Å². The van der Waals surface area contributed by atoms with Crippen molar-refractivity contribution in [1.82, 2.24) is 4.90 Å². The summed E-state index contributed by atoms with van der Waals surface area (Å²) < 4.78 is 0. The monoisotopic (exact) mass is 301 g/mol. The van der Waals surface area contributed by atoms with Crippen LogP contribution < -0.4 is 0 Å². The van der Waals surface area contributed by atoms with Gasteiger partial charge in [-0.05, 0) is 35.7 Å². The average molecular weight is 301 g/mol. The van der Waals surface area contributed by atoms with E-state index in [1.54, 1.807) is 22.7 Å². The molecular formula is C16H15NOS2. The second-order valence-corrected chi connectivity index (χ2v) is 7.19. The molecule has 0 bridgehead atoms. The lowest BCUT2D eigenvalue weighted by Crippen LogP contribution is -2.35. The first-order valence-corrected chi connectivity index (χ1v) is 8.72. The number of hydrogen-bond donors (Lipinski definition) is 0. The summed E-state index contributed by atoms with van der Waals surface area (Å²) in [6.07, 6.45) is 3.03. The van der Waals surface area contributed by atoms with Crippen molar-refractivity contribution in [3.8, 4) is 0 Å². The molecule has 0 radical (unpaired) electrons. The SMILES string of the molecule is O=C1CC2CCCN2C(c2cccs2)=C1c1cccs1. The van der Waals surface area contributed by atoms with Gasteiger partial charge in [-0.25, -0.2) is 0 Å². The lowest BCUT2D eigenvalue weighted by atomic mass is 9.93. The number of thiophene rings is 2. The highest BCUT2D eigenvalue weighted by Crippen LogP contribution is 2.43. The van der Waals surface area contributed by atoms with E-state index in [1.807, 2.05) is 6.07 Å². The van der Waals surface area contributed by atoms with Crippen LogP contribution in [-0.2, 0) is 4.79 Å². The zero-order valence-corrected chi connectivity index (χ0v) is 12.7. The van der Waals surface area contributed by atoms with Gasteiger partial charge in [-0.1, -0.05) is 12.1 Å². The van der Waals surface area contributed by atoms with E-state index in [4.69, 9.17) is 0 Å². The molecule has 2 nitrogen and oxygen atoms in total. The molecule has 2 aliphatic rings. The normalized spacial score (nSPS) is 22.5. The fourth-order valence-corrected chi connectivity index (χ4v) is 4.87. The Balaban J connectivity index is 1.95. The summed E-state index contributed by atoms with van der Waals surface area (Å²) >= 11 is 3.40. The summed E-state index contributed by atoms with van der Waals surface area (Å²) in [5, 5.41) is 4.15. The molecule has 1 unspecified atom stereocenters. The van der Waals surface area contributed by atoms with E-state index in [1.165, 1.54) is 17.0 Å². The van der Waals surface area contributed by atoms with Crippen LogP contribution in [0.25, 0.3) is 11.3 Å². The second-order valence-electron chi connectivity index (χ2n) is 5.29. The molecule has 1 atom stereocenters. The van der Waals surface area contributed by atoms with Crippen molar-refractivity contribution in [1.29, 1.82) is 0 Å². The Morgan fingerprint density at radius 3 is 2.55 bits per heavy atom. The average Bonchev–Trinajstić information content (AvgIpc) is 3.19. The largest absolute Gasteiger partial charge is 0.366 e. The first kappa shape index (κ1) is 12.4. The summed E-state index contributed by atoms with van der Waals surface area (Å²) in [5.41, 5.74) is 2.13. The number of carbonyl (C=O) groups excluding carboxylic acids is 1. The number of nitrogens with zero attached hydrogens (tertiary/aromatic N) is 1.